The van der Waals surface area contributed by atoms with Crippen LogP contribution in [0.4, 0.5) is 0 Å². The average molecular weight is 240 g/mol. The second-order valence-corrected chi connectivity index (χ2v) is 3.17. The highest BCUT2D eigenvalue weighted by Gasteiger charge is 2.29. The molecule has 1 rings (SSSR count). The zero-order chi connectivity index (χ0) is 12.8. The molecule has 1 atom stereocenters. The number of carboxylic acids is 1. The molecule has 0 fully saturated rings. The van der Waals surface area contributed by atoms with E-state index in [-0.39, 0.29) is 17.4 Å². The van der Waals surface area contributed by atoms with Crippen LogP contribution in [0.25, 0.3) is 0 Å². The van der Waals surface area contributed by atoms with Gasteiger partial charge < -0.3 is 9.84 Å². The quantitative estimate of drug-likeness (QED) is 0.555. The van der Waals surface area contributed by atoms with Crippen LogP contribution in [0.2, 0.25) is 0 Å². The average Bonchev–Trinajstić information content (AvgIpc) is 2.35. The number of ether oxygens (including phenoxy) is 1. The molecule has 0 aliphatic rings. The van der Waals surface area contributed by atoms with Gasteiger partial charge in [0.05, 0.1) is 6.61 Å². The van der Waals surface area contributed by atoms with Gasteiger partial charge in [0.25, 0.3) is 5.91 Å². The first-order valence-electron chi connectivity index (χ1n) is 4.73. The van der Waals surface area contributed by atoms with E-state index < -0.39 is 17.9 Å². The number of hydrogen-bond donors (Lipinski definition) is 2. The molecule has 0 saturated carbocycles. The molecule has 0 spiro atoms. The van der Waals surface area contributed by atoms with Crippen molar-refractivity contribution in [2.24, 2.45) is 0 Å². The first-order chi connectivity index (χ1) is 8.07. The van der Waals surface area contributed by atoms with Crippen LogP contribution >= 0.6 is 0 Å². The largest absolute Gasteiger partial charge is 0.480 e. The van der Waals surface area contributed by atoms with Crippen LogP contribution in [0, 0.1) is 0 Å². The molecule has 1 aromatic rings. The van der Waals surface area contributed by atoms with Crippen LogP contribution in [-0.2, 0) is 9.53 Å². The highest BCUT2D eigenvalue weighted by molar-refractivity contribution is 5.94. The van der Waals surface area contributed by atoms with Crippen molar-refractivity contribution in [3.63, 3.8) is 0 Å². The summed E-state index contributed by atoms with van der Waals surface area (Å²) >= 11 is 0. The fraction of sp³-hybridized carbons (Fsp3) is 0.300. The van der Waals surface area contributed by atoms with Gasteiger partial charge in [-0.1, -0.05) is 6.07 Å². The molecule has 0 aromatic carbocycles. The second kappa shape index (κ2) is 5.92. The van der Waals surface area contributed by atoms with Crippen molar-refractivity contribution in [1.82, 2.24) is 10.0 Å². The monoisotopic (exact) mass is 240 g/mol. The number of hydrogen-bond acceptors (Lipinski definition) is 5. The summed E-state index contributed by atoms with van der Waals surface area (Å²) in [6, 6.07) is 3.06. The zero-order valence-corrected chi connectivity index (χ0v) is 9.11. The van der Waals surface area contributed by atoms with Gasteiger partial charge >= 0.3 is 5.97 Å². The van der Waals surface area contributed by atoms with Crippen molar-refractivity contribution in [2.75, 3.05) is 13.7 Å². The van der Waals surface area contributed by atoms with Crippen molar-refractivity contribution in [3.05, 3.63) is 30.1 Å². The number of hydroxylamine groups is 2. The fourth-order valence-corrected chi connectivity index (χ4v) is 1.15. The molecule has 1 unspecified atom stereocenters. The number of nitrogens with zero attached hydrogens (tertiary/aromatic N) is 2. The number of carbonyl (C=O) groups excluding carboxylic acids is 1. The molecule has 17 heavy (non-hydrogen) atoms. The summed E-state index contributed by atoms with van der Waals surface area (Å²) in [7, 11) is 1.27. The summed E-state index contributed by atoms with van der Waals surface area (Å²) in [5, 5.41) is 18.4. The number of carboxylic acid groups (broad SMARTS) is 1. The summed E-state index contributed by atoms with van der Waals surface area (Å²) in [5.41, 5.74) is -0.0441. The number of rotatable bonds is 5. The lowest BCUT2D eigenvalue weighted by Gasteiger charge is -2.21. The third kappa shape index (κ3) is 3.23. The number of aromatic nitrogens is 1. The Morgan fingerprint density at radius 2 is 2.24 bits per heavy atom. The second-order valence-electron chi connectivity index (χ2n) is 3.17. The van der Waals surface area contributed by atoms with Crippen LogP contribution in [0.5, 0.6) is 0 Å². The third-order valence-corrected chi connectivity index (χ3v) is 2.00. The molecule has 1 heterocycles. The Morgan fingerprint density at radius 1 is 1.53 bits per heavy atom. The maximum absolute atomic E-state index is 11.7. The Labute approximate surface area is 97.2 Å². The summed E-state index contributed by atoms with van der Waals surface area (Å²) in [5.74, 6) is -2.26. The van der Waals surface area contributed by atoms with E-state index >= 15 is 0 Å². The minimum atomic E-state index is -1.46. The summed E-state index contributed by atoms with van der Waals surface area (Å²) in [4.78, 5) is 26.2. The van der Waals surface area contributed by atoms with Gasteiger partial charge in [0.2, 0.25) is 0 Å². The molecule has 2 N–H and O–H groups in total. The molecule has 7 heteroatoms. The maximum atomic E-state index is 11.7. The molecule has 0 saturated heterocycles. The standard InChI is InChI=1S/C10H12N2O5/c1-17-6-8(10(14)15)12(16)9(13)7-4-2-3-5-11-7/h2-5,8,16H,6H2,1H3,(H,14,15). The van der Waals surface area contributed by atoms with Gasteiger partial charge in [-0.3, -0.25) is 15.0 Å². The SMILES string of the molecule is COCC(C(=O)O)N(O)C(=O)c1ccccn1. The molecular weight excluding hydrogens is 228 g/mol. The van der Waals surface area contributed by atoms with Gasteiger partial charge in [-0.25, -0.2) is 9.86 Å². The molecule has 92 valence electrons. The molecule has 0 aliphatic heterocycles. The predicted octanol–water partition coefficient (Wildman–Crippen LogP) is 0.0126. The van der Waals surface area contributed by atoms with E-state index in [2.05, 4.69) is 9.72 Å². The predicted molar refractivity (Wildman–Crippen MR) is 55.5 cm³/mol. The van der Waals surface area contributed by atoms with Crippen LogP contribution in [0.15, 0.2) is 24.4 Å². The lowest BCUT2D eigenvalue weighted by molar-refractivity contribution is -0.162. The Kier molecular flexibility index (Phi) is 4.56. The number of aliphatic carboxylic acids is 1. The zero-order valence-electron chi connectivity index (χ0n) is 9.11. The van der Waals surface area contributed by atoms with E-state index in [1.165, 1.54) is 19.4 Å². The Balaban J connectivity index is 2.84. The molecule has 7 nitrogen and oxygen atoms in total. The van der Waals surface area contributed by atoms with E-state index in [4.69, 9.17) is 5.11 Å². The molecule has 0 bridgehead atoms. The van der Waals surface area contributed by atoms with Gasteiger partial charge in [0.15, 0.2) is 6.04 Å². The van der Waals surface area contributed by atoms with E-state index in [0.717, 1.165) is 0 Å². The Bertz CT molecular complexity index is 395. The molecule has 0 radical (unpaired) electrons. The topological polar surface area (TPSA) is 100.0 Å². The van der Waals surface area contributed by atoms with Gasteiger partial charge in [-0.2, -0.15) is 0 Å². The Hall–Kier alpha value is -1.99. The highest BCUT2D eigenvalue weighted by Crippen LogP contribution is 2.04. The minimum absolute atomic E-state index is 0.0441. The summed E-state index contributed by atoms with van der Waals surface area (Å²) in [6.07, 6.45) is 1.37. The minimum Gasteiger partial charge on any atom is -0.480 e. The molecule has 0 aliphatic carbocycles. The van der Waals surface area contributed by atoms with Crippen molar-refractivity contribution in [1.29, 1.82) is 0 Å². The Morgan fingerprint density at radius 3 is 2.71 bits per heavy atom. The van der Waals surface area contributed by atoms with Crippen LogP contribution in [-0.4, -0.2) is 52.0 Å². The lowest BCUT2D eigenvalue weighted by atomic mass is 10.2. The number of carbonyl (C=O) groups is 2. The van der Waals surface area contributed by atoms with Gasteiger partial charge in [-0.05, 0) is 12.1 Å². The summed E-state index contributed by atoms with van der Waals surface area (Å²) < 4.78 is 4.62. The first-order valence-corrected chi connectivity index (χ1v) is 4.73. The van der Waals surface area contributed by atoms with Crippen LogP contribution in [0.1, 0.15) is 10.5 Å². The third-order valence-electron chi connectivity index (χ3n) is 2.00. The van der Waals surface area contributed by atoms with Crippen molar-refractivity contribution in [3.8, 4) is 0 Å². The van der Waals surface area contributed by atoms with Crippen LogP contribution in [0.3, 0.4) is 0 Å². The van der Waals surface area contributed by atoms with E-state index in [1.807, 2.05) is 0 Å². The fourth-order valence-electron chi connectivity index (χ4n) is 1.15. The summed E-state index contributed by atoms with van der Waals surface area (Å²) in [6.45, 7) is -0.315. The van der Waals surface area contributed by atoms with Crippen molar-refractivity contribution >= 4 is 11.9 Å². The molecule has 1 amide bonds. The maximum Gasteiger partial charge on any atom is 0.331 e. The van der Waals surface area contributed by atoms with Crippen LogP contribution < -0.4 is 0 Å². The number of pyridine rings is 1. The van der Waals surface area contributed by atoms with Gasteiger partial charge in [0, 0.05) is 13.3 Å². The van der Waals surface area contributed by atoms with Gasteiger partial charge in [0.1, 0.15) is 5.69 Å². The van der Waals surface area contributed by atoms with Crippen molar-refractivity contribution < 1.29 is 24.6 Å². The molecular formula is C10H12N2O5. The van der Waals surface area contributed by atoms with E-state index in [0.29, 0.717) is 0 Å². The lowest BCUT2D eigenvalue weighted by Crippen LogP contribution is -2.45. The normalized spacial score (nSPS) is 11.9. The number of methoxy groups -OCH3 is 1. The van der Waals surface area contributed by atoms with E-state index in [1.54, 1.807) is 12.1 Å². The first kappa shape index (κ1) is 13.1. The smallest absolute Gasteiger partial charge is 0.331 e. The van der Waals surface area contributed by atoms with Crippen molar-refractivity contribution in [2.45, 2.75) is 6.04 Å². The molecule has 1 aromatic heterocycles. The van der Waals surface area contributed by atoms with Gasteiger partial charge in [-0.15, -0.1) is 0 Å². The van der Waals surface area contributed by atoms with E-state index in [9.17, 15) is 14.8 Å². The highest BCUT2D eigenvalue weighted by atomic mass is 16.5. The number of amides is 1.